The normalized spacial score (nSPS) is 21.9. The fourth-order valence-electron chi connectivity index (χ4n) is 5.07. The van der Waals surface area contributed by atoms with Crippen molar-refractivity contribution >= 4 is 11.8 Å². The predicted octanol–water partition coefficient (Wildman–Crippen LogP) is 4.70. The molecule has 2 bridgehead atoms. The molecule has 1 amide bonds. The minimum atomic E-state index is -0.509. The first kappa shape index (κ1) is 22.6. The number of amides is 1. The Morgan fingerprint density at radius 1 is 1.16 bits per heavy atom. The Bertz CT molecular complexity index is 898. The summed E-state index contributed by atoms with van der Waals surface area (Å²) in [7, 11) is 0. The fraction of sp³-hybridized carbons (Fsp3) is 0.538. The smallest absolute Gasteiger partial charge is 0.408 e. The van der Waals surface area contributed by atoms with E-state index in [4.69, 9.17) is 4.74 Å². The third-order valence-corrected chi connectivity index (χ3v) is 6.55. The number of piperazine rings is 1. The standard InChI is InChI=1S/C26H36N4O2/c1-19-12-14-27-16-24(19)29-17-21-10-11-22(18-29)30(21)15-13-23(20-8-6-5-7-9-20)28-25(31)32-26(2,3)4/h5-9,12,14,16,21-23H,10-11,13,15,17-18H2,1-4H3,(H,28,31). The van der Waals surface area contributed by atoms with Gasteiger partial charge in [-0.1, -0.05) is 30.3 Å². The molecule has 2 aromatic rings. The van der Waals surface area contributed by atoms with Gasteiger partial charge in [0.05, 0.1) is 17.9 Å². The number of rotatable bonds is 6. The van der Waals surface area contributed by atoms with E-state index in [1.807, 2.05) is 51.4 Å². The van der Waals surface area contributed by atoms with Crippen molar-refractivity contribution in [1.29, 1.82) is 0 Å². The van der Waals surface area contributed by atoms with E-state index in [1.54, 1.807) is 0 Å². The number of pyridine rings is 1. The molecule has 6 heteroatoms. The maximum Gasteiger partial charge on any atom is 0.408 e. The number of nitrogens with one attached hydrogen (secondary N) is 1. The molecule has 3 unspecified atom stereocenters. The highest BCUT2D eigenvalue weighted by atomic mass is 16.6. The minimum absolute atomic E-state index is 0.0657. The molecule has 2 aliphatic heterocycles. The van der Waals surface area contributed by atoms with E-state index in [-0.39, 0.29) is 12.1 Å². The summed E-state index contributed by atoms with van der Waals surface area (Å²) in [6.07, 6.45) is 6.84. The Morgan fingerprint density at radius 3 is 2.47 bits per heavy atom. The number of carbonyl (C=O) groups excluding carboxylic acids is 1. The molecule has 172 valence electrons. The number of alkyl carbamates (subject to hydrolysis) is 1. The molecule has 1 N–H and O–H groups in total. The van der Waals surface area contributed by atoms with Gasteiger partial charge in [-0.25, -0.2) is 4.79 Å². The van der Waals surface area contributed by atoms with Crippen LogP contribution >= 0.6 is 0 Å². The van der Waals surface area contributed by atoms with Crippen molar-refractivity contribution in [3.8, 4) is 0 Å². The fourth-order valence-corrected chi connectivity index (χ4v) is 5.07. The number of nitrogens with zero attached hydrogens (tertiary/aromatic N) is 3. The number of benzene rings is 1. The molecule has 2 fully saturated rings. The van der Waals surface area contributed by atoms with Crippen LogP contribution in [0.2, 0.25) is 0 Å². The second kappa shape index (κ2) is 9.49. The van der Waals surface area contributed by atoms with Crippen molar-refractivity contribution < 1.29 is 9.53 Å². The summed E-state index contributed by atoms with van der Waals surface area (Å²) in [6.45, 7) is 10.9. The predicted molar refractivity (Wildman–Crippen MR) is 128 cm³/mol. The van der Waals surface area contributed by atoms with Crippen LogP contribution in [0.1, 0.15) is 57.2 Å². The molecule has 1 aromatic heterocycles. The Balaban J connectivity index is 1.41. The molecule has 0 radical (unpaired) electrons. The number of carbonyl (C=O) groups is 1. The third kappa shape index (κ3) is 5.41. The summed E-state index contributed by atoms with van der Waals surface area (Å²) in [5.74, 6) is 0. The number of hydrogen-bond donors (Lipinski definition) is 1. The summed E-state index contributed by atoms with van der Waals surface area (Å²) in [5.41, 5.74) is 3.16. The highest BCUT2D eigenvalue weighted by Crippen LogP contribution is 2.34. The van der Waals surface area contributed by atoms with E-state index in [2.05, 4.69) is 45.2 Å². The molecule has 4 rings (SSSR count). The zero-order valence-corrected chi connectivity index (χ0v) is 19.8. The summed E-state index contributed by atoms with van der Waals surface area (Å²) < 4.78 is 5.53. The first-order valence-electron chi connectivity index (χ1n) is 11.8. The lowest BCUT2D eigenvalue weighted by atomic mass is 10.0. The summed E-state index contributed by atoms with van der Waals surface area (Å²) >= 11 is 0. The van der Waals surface area contributed by atoms with Crippen LogP contribution in [0.4, 0.5) is 10.5 Å². The van der Waals surface area contributed by atoms with E-state index in [9.17, 15) is 4.79 Å². The molecule has 2 saturated heterocycles. The van der Waals surface area contributed by atoms with Crippen molar-refractivity contribution in [1.82, 2.24) is 15.2 Å². The summed E-state index contributed by atoms with van der Waals surface area (Å²) in [6, 6.07) is 13.3. The highest BCUT2D eigenvalue weighted by molar-refractivity contribution is 5.68. The topological polar surface area (TPSA) is 57.7 Å². The molecule has 0 aliphatic carbocycles. The second-order valence-electron chi connectivity index (χ2n) is 10.1. The van der Waals surface area contributed by atoms with E-state index in [0.29, 0.717) is 12.1 Å². The molecule has 6 nitrogen and oxygen atoms in total. The number of fused-ring (bicyclic) bond motifs is 2. The van der Waals surface area contributed by atoms with Crippen LogP contribution in [-0.2, 0) is 4.74 Å². The lowest BCUT2D eigenvalue weighted by Gasteiger charge is -2.43. The highest BCUT2D eigenvalue weighted by Gasteiger charge is 2.40. The van der Waals surface area contributed by atoms with Crippen LogP contribution in [0.25, 0.3) is 0 Å². The van der Waals surface area contributed by atoms with Gasteiger partial charge < -0.3 is 15.0 Å². The van der Waals surface area contributed by atoms with Gasteiger partial charge >= 0.3 is 6.09 Å². The van der Waals surface area contributed by atoms with Gasteiger partial charge in [0.1, 0.15) is 5.60 Å². The molecule has 1 aromatic carbocycles. The van der Waals surface area contributed by atoms with E-state index < -0.39 is 5.60 Å². The molecular weight excluding hydrogens is 400 g/mol. The summed E-state index contributed by atoms with van der Waals surface area (Å²) in [4.78, 5) is 22.0. The molecule has 32 heavy (non-hydrogen) atoms. The average molecular weight is 437 g/mol. The monoisotopic (exact) mass is 436 g/mol. The third-order valence-electron chi connectivity index (χ3n) is 6.55. The lowest BCUT2D eigenvalue weighted by Crippen LogP contribution is -2.54. The Hall–Kier alpha value is -2.60. The van der Waals surface area contributed by atoms with Gasteiger partial charge in [0.15, 0.2) is 0 Å². The lowest BCUT2D eigenvalue weighted by molar-refractivity contribution is 0.0494. The zero-order chi connectivity index (χ0) is 22.7. The minimum Gasteiger partial charge on any atom is -0.444 e. The van der Waals surface area contributed by atoms with Crippen LogP contribution in [-0.4, -0.2) is 53.3 Å². The first-order valence-corrected chi connectivity index (χ1v) is 11.8. The number of hydrogen-bond acceptors (Lipinski definition) is 5. The van der Waals surface area contributed by atoms with Gasteiger partial charge in [0, 0.05) is 37.9 Å². The van der Waals surface area contributed by atoms with Gasteiger partial charge in [0.25, 0.3) is 0 Å². The van der Waals surface area contributed by atoms with Crippen LogP contribution in [0.5, 0.6) is 0 Å². The SMILES string of the molecule is Cc1ccncc1N1CC2CCC(C1)N2CCC(NC(=O)OC(C)(C)C)c1ccccc1. The Morgan fingerprint density at radius 2 is 1.84 bits per heavy atom. The van der Waals surface area contributed by atoms with Crippen molar-refractivity contribution in [2.45, 2.75) is 70.7 Å². The van der Waals surface area contributed by atoms with Crippen LogP contribution < -0.4 is 10.2 Å². The Labute approximate surface area is 192 Å². The van der Waals surface area contributed by atoms with Gasteiger partial charge in [-0.15, -0.1) is 0 Å². The largest absolute Gasteiger partial charge is 0.444 e. The molecular formula is C26H36N4O2. The maximum absolute atomic E-state index is 12.5. The zero-order valence-electron chi connectivity index (χ0n) is 19.8. The van der Waals surface area contributed by atoms with Crippen LogP contribution in [0, 0.1) is 6.92 Å². The first-order chi connectivity index (χ1) is 15.3. The van der Waals surface area contributed by atoms with E-state index in [1.165, 1.54) is 24.1 Å². The van der Waals surface area contributed by atoms with Crippen molar-refractivity contribution in [2.75, 3.05) is 24.5 Å². The average Bonchev–Trinajstić information content (AvgIpc) is 2.98. The number of aryl methyl sites for hydroxylation is 1. The quantitative estimate of drug-likeness (QED) is 0.711. The van der Waals surface area contributed by atoms with Gasteiger partial charge in [-0.05, 0) is 64.2 Å². The van der Waals surface area contributed by atoms with E-state index in [0.717, 1.165) is 31.6 Å². The maximum atomic E-state index is 12.5. The second-order valence-corrected chi connectivity index (χ2v) is 10.1. The number of aromatic nitrogens is 1. The molecule has 3 heterocycles. The number of anilines is 1. The van der Waals surface area contributed by atoms with Crippen LogP contribution in [0.15, 0.2) is 48.8 Å². The van der Waals surface area contributed by atoms with Gasteiger partial charge in [-0.3, -0.25) is 9.88 Å². The molecule has 0 spiro atoms. The van der Waals surface area contributed by atoms with E-state index >= 15 is 0 Å². The van der Waals surface area contributed by atoms with Gasteiger partial charge in [0.2, 0.25) is 0 Å². The van der Waals surface area contributed by atoms with Crippen molar-refractivity contribution in [2.24, 2.45) is 0 Å². The van der Waals surface area contributed by atoms with Gasteiger partial charge in [-0.2, -0.15) is 0 Å². The summed E-state index contributed by atoms with van der Waals surface area (Å²) in [5, 5.41) is 3.12. The molecule has 2 aliphatic rings. The van der Waals surface area contributed by atoms with Crippen molar-refractivity contribution in [3.63, 3.8) is 0 Å². The number of ether oxygens (including phenoxy) is 1. The molecule has 3 atom stereocenters. The van der Waals surface area contributed by atoms with Crippen LogP contribution in [0.3, 0.4) is 0 Å². The Kier molecular flexibility index (Phi) is 6.70. The molecule has 0 saturated carbocycles. The van der Waals surface area contributed by atoms with Crippen molar-refractivity contribution in [3.05, 3.63) is 59.9 Å².